The molecule has 0 radical (unpaired) electrons. The number of nitrogens with one attached hydrogen (secondary N) is 1. The molecule has 3 fully saturated rings. The van der Waals surface area contributed by atoms with E-state index in [4.69, 9.17) is 0 Å². The second-order valence-corrected chi connectivity index (χ2v) is 7.39. The zero-order chi connectivity index (χ0) is 16.0. The molecule has 2 saturated heterocycles. The summed E-state index contributed by atoms with van der Waals surface area (Å²) >= 11 is 0. The molecule has 124 valence electrons. The number of nitrogens with zero attached hydrogens (tertiary/aromatic N) is 3. The van der Waals surface area contributed by atoms with Crippen molar-refractivity contribution in [2.75, 3.05) is 26.7 Å². The van der Waals surface area contributed by atoms with Gasteiger partial charge in [-0.1, -0.05) is 6.42 Å². The van der Waals surface area contributed by atoms with Crippen molar-refractivity contribution in [2.45, 2.75) is 44.1 Å². The Morgan fingerprint density at radius 2 is 2.04 bits per heavy atom. The Labute approximate surface area is 135 Å². The van der Waals surface area contributed by atoms with Crippen molar-refractivity contribution in [1.29, 1.82) is 0 Å². The van der Waals surface area contributed by atoms with Crippen molar-refractivity contribution in [3.05, 3.63) is 27.9 Å². The number of hydrogen-bond donors (Lipinski definition) is 1. The summed E-state index contributed by atoms with van der Waals surface area (Å²) in [6.07, 6.45) is 7.18. The van der Waals surface area contributed by atoms with E-state index in [0.29, 0.717) is 17.9 Å². The van der Waals surface area contributed by atoms with Gasteiger partial charge in [0.1, 0.15) is 11.4 Å². The van der Waals surface area contributed by atoms with Crippen molar-refractivity contribution >= 4 is 5.91 Å². The van der Waals surface area contributed by atoms with Crippen LogP contribution in [0.3, 0.4) is 0 Å². The number of carbonyl (C=O) groups excluding carboxylic acids is 1. The van der Waals surface area contributed by atoms with Crippen LogP contribution < -0.4 is 5.56 Å². The minimum Gasteiger partial charge on any atom is -0.337 e. The highest BCUT2D eigenvalue weighted by Crippen LogP contribution is 2.37. The van der Waals surface area contributed by atoms with E-state index in [9.17, 15) is 9.59 Å². The zero-order valence-corrected chi connectivity index (χ0v) is 13.6. The molecule has 1 amide bonds. The normalized spacial score (nSPS) is 28.5. The fourth-order valence-corrected chi connectivity index (χ4v) is 3.99. The lowest BCUT2D eigenvalue weighted by atomic mass is 9.99. The Morgan fingerprint density at radius 3 is 2.78 bits per heavy atom. The first-order valence-electron chi connectivity index (χ1n) is 8.70. The number of H-pyrrole nitrogens is 1. The average molecular weight is 316 g/mol. The van der Waals surface area contributed by atoms with Gasteiger partial charge in [-0.2, -0.15) is 0 Å². The van der Waals surface area contributed by atoms with Crippen LogP contribution in [0.1, 0.15) is 54.2 Å². The minimum absolute atomic E-state index is 0.159. The molecule has 1 saturated carbocycles. The van der Waals surface area contributed by atoms with Gasteiger partial charge in [-0.25, -0.2) is 4.98 Å². The minimum atomic E-state index is -0.283. The van der Waals surface area contributed by atoms with Gasteiger partial charge in [0.15, 0.2) is 0 Å². The topological polar surface area (TPSA) is 69.3 Å². The van der Waals surface area contributed by atoms with Gasteiger partial charge in [0.05, 0.1) is 0 Å². The van der Waals surface area contributed by atoms with Gasteiger partial charge in [0.25, 0.3) is 11.5 Å². The van der Waals surface area contributed by atoms with Crippen LogP contribution in [-0.4, -0.2) is 58.4 Å². The van der Waals surface area contributed by atoms with Gasteiger partial charge in [0, 0.05) is 37.8 Å². The van der Waals surface area contributed by atoms with Crippen molar-refractivity contribution in [2.24, 2.45) is 5.92 Å². The maximum absolute atomic E-state index is 12.9. The van der Waals surface area contributed by atoms with Crippen LogP contribution in [0.4, 0.5) is 0 Å². The Bertz CT molecular complexity index is 667. The molecule has 0 spiro atoms. The number of rotatable bonds is 2. The molecule has 23 heavy (non-hydrogen) atoms. The second-order valence-electron chi connectivity index (χ2n) is 7.39. The maximum atomic E-state index is 12.9. The van der Waals surface area contributed by atoms with Crippen LogP contribution in [0, 0.1) is 5.92 Å². The van der Waals surface area contributed by atoms with Gasteiger partial charge in [0.2, 0.25) is 0 Å². The van der Waals surface area contributed by atoms with E-state index in [1.165, 1.54) is 19.0 Å². The Hall–Kier alpha value is -1.69. The highest BCUT2D eigenvalue weighted by molar-refractivity contribution is 5.93. The summed E-state index contributed by atoms with van der Waals surface area (Å²) in [5, 5.41) is 0. The first-order valence-corrected chi connectivity index (χ1v) is 8.70. The number of hydrogen-bond acceptors (Lipinski definition) is 4. The number of fused-ring (bicyclic) bond motifs is 3. The quantitative estimate of drug-likeness (QED) is 0.890. The fourth-order valence-electron chi connectivity index (χ4n) is 3.99. The number of carbonyl (C=O) groups is 1. The Morgan fingerprint density at radius 1 is 1.22 bits per heavy atom. The predicted molar refractivity (Wildman–Crippen MR) is 86.5 cm³/mol. The molecule has 1 aromatic heterocycles. The molecule has 3 aliphatic rings. The summed E-state index contributed by atoms with van der Waals surface area (Å²) in [6, 6.07) is 0.407. The molecule has 1 aliphatic carbocycles. The Balaban J connectivity index is 1.57. The van der Waals surface area contributed by atoms with Gasteiger partial charge < -0.3 is 14.8 Å². The zero-order valence-electron chi connectivity index (χ0n) is 13.6. The largest absolute Gasteiger partial charge is 0.337 e. The molecule has 0 unspecified atom stereocenters. The van der Waals surface area contributed by atoms with E-state index in [1.54, 1.807) is 0 Å². The number of amides is 1. The van der Waals surface area contributed by atoms with E-state index < -0.39 is 0 Å². The molecule has 3 heterocycles. The second kappa shape index (κ2) is 5.74. The molecule has 1 N–H and O–H groups in total. The number of likely N-dealkylation sites (N-methyl/N-ethyl adjacent to an activating group) is 1. The number of aromatic nitrogens is 2. The highest BCUT2D eigenvalue weighted by Gasteiger charge is 2.34. The van der Waals surface area contributed by atoms with Crippen LogP contribution >= 0.6 is 0 Å². The van der Waals surface area contributed by atoms with Gasteiger partial charge in [-0.3, -0.25) is 9.59 Å². The lowest BCUT2D eigenvalue weighted by molar-refractivity contribution is 0.0708. The molecule has 2 aliphatic heterocycles. The van der Waals surface area contributed by atoms with Crippen LogP contribution in [0.15, 0.2) is 11.0 Å². The lowest BCUT2D eigenvalue weighted by Gasteiger charge is -2.29. The first-order chi connectivity index (χ1) is 11.1. The molecular weight excluding hydrogens is 292 g/mol. The van der Waals surface area contributed by atoms with Crippen LogP contribution in [0.25, 0.3) is 0 Å². The van der Waals surface area contributed by atoms with Gasteiger partial charge >= 0.3 is 0 Å². The molecule has 2 atom stereocenters. The SMILES string of the molecule is CN1C[C@@H]2CCC[C@H]1CN(C(=O)c1cnc(C3CC3)[nH]c1=O)C2. The molecule has 4 rings (SSSR count). The summed E-state index contributed by atoms with van der Waals surface area (Å²) in [6.45, 7) is 2.52. The van der Waals surface area contributed by atoms with Crippen molar-refractivity contribution in [3.8, 4) is 0 Å². The average Bonchev–Trinajstić information content (AvgIpc) is 3.33. The summed E-state index contributed by atoms with van der Waals surface area (Å²) in [4.78, 5) is 36.5. The molecular formula is C17H24N4O2. The maximum Gasteiger partial charge on any atom is 0.263 e. The molecule has 1 aromatic rings. The molecule has 2 bridgehead atoms. The summed E-state index contributed by atoms with van der Waals surface area (Å²) in [5.74, 6) is 1.47. The first kappa shape index (κ1) is 14.9. The third-order valence-electron chi connectivity index (χ3n) is 5.53. The highest BCUT2D eigenvalue weighted by atomic mass is 16.2. The molecule has 6 nitrogen and oxygen atoms in total. The molecule has 6 heteroatoms. The number of aromatic amines is 1. The third kappa shape index (κ3) is 2.92. The van der Waals surface area contributed by atoms with Crippen molar-refractivity contribution in [1.82, 2.24) is 19.8 Å². The van der Waals surface area contributed by atoms with Gasteiger partial charge in [-0.15, -0.1) is 0 Å². The van der Waals surface area contributed by atoms with Crippen LogP contribution in [0.5, 0.6) is 0 Å². The summed E-state index contributed by atoms with van der Waals surface area (Å²) < 4.78 is 0. The van der Waals surface area contributed by atoms with Crippen LogP contribution in [0.2, 0.25) is 0 Å². The van der Waals surface area contributed by atoms with E-state index in [0.717, 1.165) is 44.7 Å². The predicted octanol–water partition coefficient (Wildman–Crippen LogP) is 1.20. The van der Waals surface area contributed by atoms with Crippen molar-refractivity contribution < 1.29 is 4.79 Å². The molecule has 0 aromatic carbocycles. The number of likely N-dealkylation sites (tertiary alicyclic amines) is 1. The summed E-state index contributed by atoms with van der Waals surface area (Å²) in [5.41, 5.74) is -0.0910. The monoisotopic (exact) mass is 316 g/mol. The van der Waals surface area contributed by atoms with E-state index in [2.05, 4.69) is 21.9 Å². The standard InChI is InChI=1S/C17H24N4O2/c1-20-8-11-3-2-4-13(20)10-21(9-11)17(23)14-7-18-15(12-5-6-12)19-16(14)22/h7,11-13H,2-6,8-10H2,1H3,(H,18,19,22)/t11-,13-/m0/s1. The lowest BCUT2D eigenvalue weighted by Crippen LogP contribution is -2.43. The smallest absolute Gasteiger partial charge is 0.263 e. The fraction of sp³-hybridized carbons (Fsp3) is 0.706. The van der Waals surface area contributed by atoms with Crippen molar-refractivity contribution in [3.63, 3.8) is 0 Å². The van der Waals surface area contributed by atoms with E-state index in [-0.39, 0.29) is 17.0 Å². The van der Waals surface area contributed by atoms with E-state index >= 15 is 0 Å². The summed E-state index contributed by atoms with van der Waals surface area (Å²) in [7, 11) is 2.15. The third-order valence-corrected chi connectivity index (χ3v) is 5.53. The van der Waals surface area contributed by atoms with Crippen LogP contribution in [-0.2, 0) is 0 Å². The Kier molecular flexibility index (Phi) is 3.71. The van der Waals surface area contributed by atoms with E-state index in [1.807, 2.05) is 4.90 Å². The van der Waals surface area contributed by atoms with Gasteiger partial charge in [-0.05, 0) is 38.6 Å².